The number of hydrogen-bond donors (Lipinski definition) is 1. The lowest BCUT2D eigenvalue weighted by atomic mass is 9.44. The van der Waals surface area contributed by atoms with Crippen LogP contribution in [0.5, 0.6) is 0 Å². The van der Waals surface area contributed by atoms with Gasteiger partial charge in [0.25, 0.3) is 5.79 Å². The molecule has 0 spiro atoms. The molecule has 0 amide bonds. The fourth-order valence-corrected chi connectivity index (χ4v) is 9.04. The molecular weight excluding hydrogens is 525 g/mol. The number of hydrogen-bond acceptors (Lipinski definition) is 8. The maximum Gasteiger partial charge on any atom is 0.367 e. The highest BCUT2D eigenvalue weighted by Gasteiger charge is 2.78. The van der Waals surface area contributed by atoms with E-state index in [1.807, 2.05) is 0 Å². The number of alkyl halides is 3. The summed E-state index contributed by atoms with van der Waals surface area (Å²) in [6.45, 7) is 6.42. The normalized spacial score (nSPS) is 47.1. The summed E-state index contributed by atoms with van der Waals surface area (Å²) in [4.78, 5) is 39.1. The van der Waals surface area contributed by atoms with E-state index in [1.54, 1.807) is 13.8 Å². The average molecular weight is 559 g/mol. The van der Waals surface area contributed by atoms with Crippen LogP contribution < -0.4 is 0 Å². The molecular formula is C27H33F3O7S. The molecule has 1 N–H and O–H groups in total. The second-order valence-corrected chi connectivity index (χ2v) is 12.7. The zero-order chi connectivity index (χ0) is 27.9. The summed E-state index contributed by atoms with van der Waals surface area (Å²) in [7, 11) is 0. The van der Waals surface area contributed by atoms with E-state index >= 15 is 8.78 Å². The van der Waals surface area contributed by atoms with Crippen molar-refractivity contribution in [3.63, 3.8) is 0 Å². The third-order valence-electron chi connectivity index (χ3n) is 10.1. The Morgan fingerprint density at radius 2 is 1.84 bits per heavy atom. The first-order chi connectivity index (χ1) is 17.7. The van der Waals surface area contributed by atoms with Gasteiger partial charge >= 0.3 is 5.97 Å². The van der Waals surface area contributed by atoms with Gasteiger partial charge < -0.3 is 19.3 Å². The van der Waals surface area contributed by atoms with Crippen molar-refractivity contribution < 1.29 is 46.9 Å². The van der Waals surface area contributed by atoms with Crippen LogP contribution >= 0.6 is 11.8 Å². The minimum atomic E-state index is -2.36. The lowest BCUT2D eigenvalue weighted by Gasteiger charge is -2.63. The first-order valence-electron chi connectivity index (χ1n) is 12.9. The van der Waals surface area contributed by atoms with E-state index in [0.717, 1.165) is 6.08 Å². The number of ether oxygens (including phenoxy) is 3. The van der Waals surface area contributed by atoms with Crippen molar-refractivity contribution in [3.05, 3.63) is 23.8 Å². The molecule has 4 fully saturated rings. The molecule has 38 heavy (non-hydrogen) atoms. The van der Waals surface area contributed by atoms with Gasteiger partial charge in [0.2, 0.25) is 5.12 Å². The lowest BCUT2D eigenvalue weighted by molar-refractivity contribution is -0.245. The fourth-order valence-electron chi connectivity index (χ4n) is 8.25. The molecule has 1 saturated heterocycles. The van der Waals surface area contributed by atoms with Crippen molar-refractivity contribution in [1.82, 2.24) is 0 Å². The Balaban J connectivity index is 1.62. The quantitative estimate of drug-likeness (QED) is 0.521. The zero-order valence-corrected chi connectivity index (χ0v) is 22.6. The maximum atomic E-state index is 17.4. The second kappa shape index (κ2) is 8.91. The van der Waals surface area contributed by atoms with Gasteiger partial charge in [-0.05, 0) is 61.6 Å². The number of carbonyl (C=O) groups is 3. The van der Waals surface area contributed by atoms with E-state index in [-0.39, 0.29) is 38.0 Å². The number of halogens is 3. The lowest BCUT2D eigenvalue weighted by Crippen LogP contribution is -2.71. The Hall–Kier alpha value is -1.69. The van der Waals surface area contributed by atoms with Gasteiger partial charge in [-0.1, -0.05) is 19.9 Å². The summed E-state index contributed by atoms with van der Waals surface area (Å²) in [5, 5.41) is 10.8. The van der Waals surface area contributed by atoms with Crippen molar-refractivity contribution in [2.75, 3.05) is 19.2 Å². The van der Waals surface area contributed by atoms with Crippen LogP contribution in [-0.4, -0.2) is 70.5 Å². The SMILES string of the molecule is C[C@@H]1C[C@H]2[C@@H]3C[C@H](F)C4=CC(=O)C=C[C@]4(C)[C@@]3(F)[C@@H](O)C[C@]2(C)[C@@]1(OC(=O)C1(C)OCCO1)C(=O)SCF. The molecule has 1 heterocycles. The number of ketones is 1. The van der Waals surface area contributed by atoms with Crippen LogP contribution in [0.3, 0.4) is 0 Å². The molecule has 11 heteroatoms. The largest absolute Gasteiger partial charge is 0.445 e. The number of aliphatic hydroxyl groups is 1. The zero-order valence-electron chi connectivity index (χ0n) is 21.8. The molecule has 0 aromatic carbocycles. The predicted molar refractivity (Wildman–Crippen MR) is 131 cm³/mol. The summed E-state index contributed by atoms with van der Waals surface area (Å²) in [5.41, 5.74) is -7.27. The van der Waals surface area contributed by atoms with Crippen LogP contribution in [0.1, 0.15) is 47.0 Å². The van der Waals surface area contributed by atoms with Crippen molar-refractivity contribution in [2.45, 2.75) is 76.3 Å². The summed E-state index contributed by atoms with van der Waals surface area (Å²) < 4.78 is 63.5. The Morgan fingerprint density at radius 1 is 1.18 bits per heavy atom. The Bertz CT molecular complexity index is 1120. The monoisotopic (exact) mass is 558 g/mol. The summed E-state index contributed by atoms with van der Waals surface area (Å²) in [6.07, 6.45) is -0.172. The number of aliphatic hydroxyl groups excluding tert-OH is 1. The molecule has 4 aliphatic carbocycles. The van der Waals surface area contributed by atoms with Crippen molar-refractivity contribution in [3.8, 4) is 0 Å². The first-order valence-corrected chi connectivity index (χ1v) is 13.9. The van der Waals surface area contributed by atoms with Gasteiger partial charge in [0.05, 0.1) is 19.3 Å². The van der Waals surface area contributed by atoms with E-state index in [0.29, 0.717) is 11.8 Å². The maximum absolute atomic E-state index is 17.4. The van der Waals surface area contributed by atoms with Crippen molar-refractivity contribution in [1.29, 1.82) is 0 Å². The van der Waals surface area contributed by atoms with Crippen molar-refractivity contribution in [2.24, 2.45) is 28.6 Å². The number of esters is 1. The highest BCUT2D eigenvalue weighted by atomic mass is 32.2. The van der Waals surface area contributed by atoms with E-state index < -0.39 is 80.8 Å². The molecule has 9 atom stereocenters. The van der Waals surface area contributed by atoms with Gasteiger partial charge in [-0.2, -0.15) is 0 Å². The van der Waals surface area contributed by atoms with Crippen LogP contribution in [0.4, 0.5) is 13.2 Å². The van der Waals surface area contributed by atoms with Gasteiger partial charge in [-0.25, -0.2) is 18.0 Å². The van der Waals surface area contributed by atoms with E-state index in [1.165, 1.54) is 26.0 Å². The van der Waals surface area contributed by atoms with Crippen LogP contribution in [0, 0.1) is 28.6 Å². The molecule has 7 nitrogen and oxygen atoms in total. The number of carbonyl (C=O) groups excluding carboxylic acids is 3. The molecule has 0 bridgehead atoms. The summed E-state index contributed by atoms with van der Waals surface area (Å²) in [6, 6.07) is -1.08. The summed E-state index contributed by atoms with van der Waals surface area (Å²) >= 11 is 0.345. The minimum absolute atomic E-state index is 0.0114. The van der Waals surface area contributed by atoms with Gasteiger partial charge in [-0.15, -0.1) is 0 Å². The van der Waals surface area contributed by atoms with Gasteiger partial charge in [0, 0.05) is 29.6 Å². The molecule has 5 rings (SSSR count). The molecule has 0 radical (unpaired) electrons. The highest BCUT2D eigenvalue weighted by molar-refractivity contribution is 8.13. The van der Waals surface area contributed by atoms with Gasteiger partial charge in [0.1, 0.15) is 12.2 Å². The standard InChI is InChI=1S/C27H33F3O7S/c1-14-9-16-17-11-19(29)18-10-15(31)5-6-23(18,2)26(17,30)20(32)12-24(16,3)27(14,22(34)38-13-28)37-21(33)25(4)35-7-8-36-25/h5-6,10,14,16-17,19-20,32H,7-9,11-13H2,1-4H3/t14-,16+,17+,19+,20+,23+,24+,26+,27+/m1/s1. The highest BCUT2D eigenvalue weighted by Crippen LogP contribution is 2.72. The van der Waals surface area contributed by atoms with E-state index in [4.69, 9.17) is 14.2 Å². The molecule has 0 aromatic heterocycles. The molecule has 0 unspecified atom stereocenters. The number of fused-ring (bicyclic) bond motifs is 5. The fraction of sp³-hybridized carbons (Fsp3) is 0.741. The van der Waals surface area contributed by atoms with Gasteiger partial charge in [-0.3, -0.25) is 9.59 Å². The van der Waals surface area contributed by atoms with Crippen LogP contribution in [-0.2, 0) is 28.6 Å². The van der Waals surface area contributed by atoms with Crippen LogP contribution in [0.15, 0.2) is 23.8 Å². The predicted octanol–water partition coefficient (Wildman–Crippen LogP) is 3.78. The number of rotatable bonds is 4. The summed E-state index contributed by atoms with van der Waals surface area (Å²) in [5.74, 6) is -5.69. The van der Waals surface area contributed by atoms with Crippen LogP contribution in [0.25, 0.3) is 0 Å². The molecule has 5 aliphatic rings. The first kappa shape index (κ1) is 27.9. The average Bonchev–Trinajstić information content (AvgIpc) is 3.39. The third-order valence-corrected chi connectivity index (χ3v) is 10.8. The Morgan fingerprint density at radius 3 is 2.47 bits per heavy atom. The molecule has 0 aromatic rings. The Labute approximate surface area is 223 Å². The van der Waals surface area contributed by atoms with E-state index in [2.05, 4.69) is 0 Å². The third kappa shape index (κ3) is 3.37. The van der Waals surface area contributed by atoms with Crippen LogP contribution in [0.2, 0.25) is 0 Å². The van der Waals surface area contributed by atoms with Crippen molar-refractivity contribution >= 4 is 28.6 Å². The van der Waals surface area contributed by atoms with E-state index in [9.17, 15) is 23.9 Å². The number of thioether (sulfide) groups is 1. The second-order valence-electron chi connectivity index (χ2n) is 11.8. The molecule has 3 saturated carbocycles. The molecule has 1 aliphatic heterocycles. The molecule has 210 valence electrons. The van der Waals surface area contributed by atoms with Gasteiger partial charge in [0.15, 0.2) is 17.1 Å². The smallest absolute Gasteiger partial charge is 0.367 e. The Kier molecular flexibility index (Phi) is 6.53. The number of allylic oxidation sites excluding steroid dienone is 4. The topological polar surface area (TPSA) is 99.1 Å². The minimum Gasteiger partial charge on any atom is -0.445 e.